The summed E-state index contributed by atoms with van der Waals surface area (Å²) in [7, 11) is 1.76. The van der Waals surface area contributed by atoms with E-state index >= 15 is 0 Å². The van der Waals surface area contributed by atoms with Gasteiger partial charge in [-0.25, -0.2) is 0 Å². The van der Waals surface area contributed by atoms with E-state index in [9.17, 15) is 0 Å². The molecule has 1 aliphatic rings. The molecule has 0 saturated heterocycles. The van der Waals surface area contributed by atoms with Crippen molar-refractivity contribution in [2.24, 2.45) is 0 Å². The second-order valence-electron chi connectivity index (χ2n) is 6.76. The first-order valence-electron chi connectivity index (χ1n) is 9.24. The largest absolute Gasteiger partial charge is 0.497 e. The molecule has 2 nitrogen and oxygen atoms in total. The normalized spacial score (nSPS) is 19.5. The lowest BCUT2D eigenvalue weighted by molar-refractivity contribution is 0.189. The Hall–Kier alpha value is -1.80. The summed E-state index contributed by atoms with van der Waals surface area (Å²) >= 11 is 0. The Labute approximate surface area is 146 Å². The van der Waals surface area contributed by atoms with E-state index in [1.54, 1.807) is 7.11 Å². The molecule has 2 aromatic rings. The topological polar surface area (TPSA) is 12.5 Å². The van der Waals surface area contributed by atoms with Gasteiger partial charge in [0.25, 0.3) is 0 Å². The van der Waals surface area contributed by atoms with Crippen molar-refractivity contribution < 1.29 is 4.74 Å². The van der Waals surface area contributed by atoms with Crippen LogP contribution in [0.1, 0.15) is 49.3 Å². The third-order valence-electron chi connectivity index (χ3n) is 5.15. The zero-order valence-electron chi connectivity index (χ0n) is 15.2. The average molecular weight is 323 g/mol. The van der Waals surface area contributed by atoms with Crippen molar-refractivity contribution in [3.8, 4) is 5.75 Å². The molecule has 0 radical (unpaired) electrons. The van der Waals surface area contributed by atoms with Gasteiger partial charge in [0.2, 0.25) is 0 Å². The Morgan fingerprint density at radius 1 is 1.00 bits per heavy atom. The second-order valence-corrected chi connectivity index (χ2v) is 6.76. The Bertz CT molecular complexity index is 646. The lowest BCUT2D eigenvalue weighted by Gasteiger charge is -2.33. The number of benzene rings is 2. The third-order valence-corrected chi connectivity index (χ3v) is 5.15. The molecule has 0 fully saturated rings. The van der Waals surface area contributed by atoms with Crippen LogP contribution in [0.4, 0.5) is 0 Å². The highest BCUT2D eigenvalue weighted by Crippen LogP contribution is 2.42. The summed E-state index contributed by atoms with van der Waals surface area (Å²) in [6.07, 6.45) is 3.55. The van der Waals surface area contributed by atoms with Crippen LogP contribution in [0.25, 0.3) is 0 Å². The summed E-state index contributed by atoms with van der Waals surface area (Å²) < 4.78 is 5.50. The summed E-state index contributed by atoms with van der Waals surface area (Å²) in [5.41, 5.74) is 4.35. The van der Waals surface area contributed by atoms with Gasteiger partial charge >= 0.3 is 0 Å². The van der Waals surface area contributed by atoms with Crippen LogP contribution in [0.15, 0.2) is 48.5 Å². The number of methoxy groups -OCH3 is 1. The molecule has 1 aliphatic carbocycles. The molecule has 0 aliphatic heterocycles. The summed E-state index contributed by atoms with van der Waals surface area (Å²) in [6, 6.07) is 18.2. The van der Waals surface area contributed by atoms with Gasteiger partial charge < -0.3 is 4.74 Å². The fourth-order valence-corrected chi connectivity index (χ4v) is 4.15. The number of hydrogen-bond donors (Lipinski definition) is 0. The monoisotopic (exact) mass is 323 g/mol. The van der Waals surface area contributed by atoms with Crippen LogP contribution >= 0.6 is 0 Å². The van der Waals surface area contributed by atoms with Crippen molar-refractivity contribution in [1.82, 2.24) is 4.90 Å². The molecular weight excluding hydrogens is 294 g/mol. The fourth-order valence-electron chi connectivity index (χ4n) is 4.15. The number of fused-ring (bicyclic) bond motifs is 1. The van der Waals surface area contributed by atoms with Gasteiger partial charge in [-0.15, -0.1) is 0 Å². The molecule has 3 rings (SSSR count). The lowest BCUT2D eigenvalue weighted by Crippen LogP contribution is -2.39. The molecular formula is C22H29NO. The van der Waals surface area contributed by atoms with E-state index in [1.807, 2.05) is 0 Å². The van der Waals surface area contributed by atoms with E-state index < -0.39 is 0 Å². The minimum absolute atomic E-state index is 0.439. The maximum Gasteiger partial charge on any atom is 0.119 e. The molecule has 0 bridgehead atoms. The summed E-state index contributed by atoms with van der Waals surface area (Å²) in [5, 5.41) is 0. The first-order valence-corrected chi connectivity index (χ1v) is 9.24. The third kappa shape index (κ3) is 3.34. The van der Waals surface area contributed by atoms with Crippen LogP contribution < -0.4 is 4.74 Å². The SMILES string of the molecule is CCCN(CCC)[C@H]1Cc2ccc(OC)cc2[C@@H]1c1ccccc1. The van der Waals surface area contributed by atoms with Crippen molar-refractivity contribution in [3.05, 3.63) is 65.2 Å². The number of ether oxygens (including phenoxy) is 1. The summed E-state index contributed by atoms with van der Waals surface area (Å²) in [4.78, 5) is 2.70. The predicted molar refractivity (Wildman–Crippen MR) is 101 cm³/mol. The van der Waals surface area contributed by atoms with Gasteiger partial charge in [0.1, 0.15) is 5.75 Å². The standard InChI is InChI=1S/C22H29NO/c1-4-13-23(14-5-2)21-15-18-11-12-19(24-3)16-20(18)22(21)17-9-7-6-8-10-17/h6-12,16,21-22H,4-5,13-15H2,1-3H3/t21-,22-/m0/s1. The molecule has 128 valence electrons. The molecule has 2 aromatic carbocycles. The molecule has 2 heteroatoms. The highest BCUT2D eigenvalue weighted by molar-refractivity contribution is 5.48. The Kier molecular flexibility index (Phi) is 5.57. The zero-order valence-corrected chi connectivity index (χ0v) is 15.2. The fraction of sp³-hybridized carbons (Fsp3) is 0.455. The van der Waals surface area contributed by atoms with E-state index in [4.69, 9.17) is 4.74 Å². The molecule has 0 unspecified atom stereocenters. The smallest absolute Gasteiger partial charge is 0.119 e. The minimum Gasteiger partial charge on any atom is -0.497 e. The van der Waals surface area contributed by atoms with E-state index in [2.05, 4.69) is 67.3 Å². The van der Waals surface area contributed by atoms with E-state index in [1.165, 1.54) is 42.6 Å². The van der Waals surface area contributed by atoms with Crippen LogP contribution in [-0.2, 0) is 6.42 Å². The van der Waals surface area contributed by atoms with Gasteiger partial charge in [-0.2, -0.15) is 0 Å². The van der Waals surface area contributed by atoms with Crippen LogP contribution in [0.2, 0.25) is 0 Å². The zero-order chi connectivity index (χ0) is 16.9. The van der Waals surface area contributed by atoms with Gasteiger partial charge in [-0.3, -0.25) is 4.90 Å². The van der Waals surface area contributed by atoms with Crippen LogP contribution in [0.3, 0.4) is 0 Å². The Balaban J connectivity index is 2.02. The van der Waals surface area contributed by atoms with Gasteiger partial charge in [0, 0.05) is 12.0 Å². The first kappa shape index (κ1) is 17.0. The molecule has 24 heavy (non-hydrogen) atoms. The van der Waals surface area contributed by atoms with Crippen LogP contribution in [0.5, 0.6) is 5.75 Å². The summed E-state index contributed by atoms with van der Waals surface area (Å²) in [5.74, 6) is 1.40. The van der Waals surface area contributed by atoms with Crippen molar-refractivity contribution >= 4 is 0 Å². The van der Waals surface area contributed by atoms with Crippen molar-refractivity contribution in [1.29, 1.82) is 0 Å². The lowest BCUT2D eigenvalue weighted by atomic mass is 9.89. The van der Waals surface area contributed by atoms with Crippen LogP contribution in [-0.4, -0.2) is 31.1 Å². The number of nitrogens with zero attached hydrogens (tertiary/aromatic N) is 1. The molecule has 0 amide bonds. The molecule has 0 N–H and O–H groups in total. The maximum absolute atomic E-state index is 5.50. The highest BCUT2D eigenvalue weighted by Gasteiger charge is 2.36. The molecule has 0 heterocycles. The molecule has 2 atom stereocenters. The van der Waals surface area contributed by atoms with E-state index in [0.717, 1.165) is 12.2 Å². The molecule has 0 spiro atoms. The second kappa shape index (κ2) is 7.85. The van der Waals surface area contributed by atoms with Gasteiger partial charge in [0.05, 0.1) is 7.11 Å². The molecule has 0 saturated carbocycles. The van der Waals surface area contributed by atoms with Gasteiger partial charge in [-0.05, 0) is 61.2 Å². The van der Waals surface area contributed by atoms with Gasteiger partial charge in [0.15, 0.2) is 0 Å². The van der Waals surface area contributed by atoms with Gasteiger partial charge in [-0.1, -0.05) is 50.2 Å². The summed E-state index contributed by atoms with van der Waals surface area (Å²) in [6.45, 7) is 6.91. The highest BCUT2D eigenvalue weighted by atomic mass is 16.5. The predicted octanol–water partition coefficient (Wildman–Crippen LogP) is 4.87. The van der Waals surface area contributed by atoms with Crippen molar-refractivity contribution in [2.75, 3.05) is 20.2 Å². The van der Waals surface area contributed by atoms with Crippen LogP contribution in [0, 0.1) is 0 Å². The average Bonchev–Trinajstić information content (AvgIpc) is 3.00. The van der Waals surface area contributed by atoms with Crippen molar-refractivity contribution in [2.45, 2.75) is 45.1 Å². The van der Waals surface area contributed by atoms with E-state index in [0.29, 0.717) is 12.0 Å². The van der Waals surface area contributed by atoms with E-state index in [-0.39, 0.29) is 0 Å². The molecule has 0 aromatic heterocycles. The first-order chi connectivity index (χ1) is 11.8. The quantitative estimate of drug-likeness (QED) is 0.720. The Morgan fingerprint density at radius 2 is 1.71 bits per heavy atom. The van der Waals surface area contributed by atoms with Crippen molar-refractivity contribution in [3.63, 3.8) is 0 Å². The Morgan fingerprint density at radius 3 is 2.33 bits per heavy atom. The maximum atomic E-state index is 5.50. The number of rotatable bonds is 7. The number of hydrogen-bond acceptors (Lipinski definition) is 2. The minimum atomic E-state index is 0.439.